The van der Waals surface area contributed by atoms with E-state index in [0.29, 0.717) is 58.2 Å². The highest BCUT2D eigenvalue weighted by atomic mass is 28.4. The van der Waals surface area contributed by atoms with E-state index >= 15 is 0 Å². The van der Waals surface area contributed by atoms with Crippen molar-refractivity contribution in [2.45, 2.75) is 153 Å². The fraction of sp³-hybridized carbons (Fsp3) is 0.700. The smallest absolute Gasteiger partial charge is 0.192 e. The molecule has 314 valence electrons. The fourth-order valence-electron chi connectivity index (χ4n) is 6.54. The molecule has 0 spiro atoms. The molecule has 1 aliphatic rings. The zero-order valence-corrected chi connectivity index (χ0v) is 35.8. The third-order valence-electron chi connectivity index (χ3n) is 10.3. The van der Waals surface area contributed by atoms with E-state index in [9.17, 15) is 5.53 Å². The van der Waals surface area contributed by atoms with E-state index in [2.05, 4.69) is 63.9 Å². The Balaban J connectivity index is 1.74. The second kappa shape index (κ2) is 24.9. The third-order valence-corrected chi connectivity index (χ3v) is 14.8. The first kappa shape index (κ1) is 47.7. The molecule has 57 heavy (non-hydrogen) atoms. The molecule has 17 heteroatoms. The van der Waals surface area contributed by atoms with Gasteiger partial charge in [0.2, 0.25) is 0 Å². The Morgan fingerprint density at radius 1 is 0.737 bits per heavy atom. The SMILES string of the molecule is CC1(C)O[C@@H](C[C@@H](CCN=[N+]=[N-])OCOCc2ccccc2)C[C@@H](C[C@@H](C[C@@H](C[C@@H](CCN=[N+]=[N-])OCOCc2ccccc2)N=[N+]=[N-])O[Si](C)(C)C(C)(C)C)O1. The van der Waals surface area contributed by atoms with Crippen LogP contribution in [0.25, 0.3) is 31.3 Å². The Bertz CT molecular complexity index is 1580. The van der Waals surface area contributed by atoms with E-state index in [0.717, 1.165) is 11.1 Å². The fourth-order valence-corrected chi connectivity index (χ4v) is 7.92. The Kier molecular flexibility index (Phi) is 20.9. The Morgan fingerprint density at radius 3 is 1.70 bits per heavy atom. The van der Waals surface area contributed by atoms with Gasteiger partial charge in [0.25, 0.3) is 0 Å². The first-order valence-electron chi connectivity index (χ1n) is 19.8. The predicted octanol–water partition coefficient (Wildman–Crippen LogP) is 11.0. The molecule has 3 rings (SSSR count). The van der Waals surface area contributed by atoms with Gasteiger partial charge in [0.05, 0.1) is 37.6 Å². The first-order chi connectivity index (χ1) is 27.2. The molecule has 0 radical (unpaired) electrons. The van der Waals surface area contributed by atoms with E-state index in [1.54, 1.807) is 0 Å². The van der Waals surface area contributed by atoms with Crippen LogP contribution in [0.5, 0.6) is 0 Å². The van der Waals surface area contributed by atoms with Crippen LogP contribution >= 0.6 is 0 Å². The summed E-state index contributed by atoms with van der Waals surface area (Å²) in [5.41, 5.74) is 29.6. The number of hydrogen-bond donors (Lipinski definition) is 0. The van der Waals surface area contributed by atoms with Gasteiger partial charge in [-0.2, -0.15) is 0 Å². The maximum atomic E-state index is 9.71. The molecule has 1 saturated heterocycles. The number of rotatable bonds is 27. The third kappa shape index (κ3) is 19.1. The van der Waals surface area contributed by atoms with Gasteiger partial charge in [-0.05, 0) is 91.8 Å². The van der Waals surface area contributed by atoms with Crippen molar-refractivity contribution in [2.75, 3.05) is 26.7 Å². The van der Waals surface area contributed by atoms with Crippen molar-refractivity contribution >= 4 is 8.32 Å². The molecular formula is C40H63N9O7Si. The highest BCUT2D eigenvalue weighted by Crippen LogP contribution is 2.40. The topological polar surface area (TPSA) is 211 Å². The summed E-state index contributed by atoms with van der Waals surface area (Å²) in [5, 5.41) is 11.6. The summed E-state index contributed by atoms with van der Waals surface area (Å²) < 4.78 is 44.0. The van der Waals surface area contributed by atoms with Crippen LogP contribution in [0.4, 0.5) is 0 Å². The lowest BCUT2D eigenvalue weighted by molar-refractivity contribution is -0.306. The number of hydrogen-bond acceptors (Lipinski definition) is 10. The zero-order chi connectivity index (χ0) is 41.6. The maximum absolute atomic E-state index is 9.71. The predicted molar refractivity (Wildman–Crippen MR) is 221 cm³/mol. The zero-order valence-electron chi connectivity index (χ0n) is 34.8. The normalized spacial score (nSPS) is 18.9. The summed E-state index contributed by atoms with van der Waals surface area (Å²) >= 11 is 0. The van der Waals surface area contributed by atoms with Gasteiger partial charge in [-0.3, -0.25) is 0 Å². The minimum absolute atomic E-state index is 0.0296. The lowest BCUT2D eigenvalue weighted by atomic mass is 9.94. The first-order valence-corrected chi connectivity index (χ1v) is 22.7. The monoisotopic (exact) mass is 809 g/mol. The molecule has 2 aromatic rings. The van der Waals surface area contributed by atoms with Crippen LogP contribution in [0, 0.1) is 0 Å². The molecule has 0 saturated carbocycles. The summed E-state index contributed by atoms with van der Waals surface area (Å²) in [5.74, 6) is -0.890. The second-order valence-corrected chi connectivity index (χ2v) is 21.1. The molecular weight excluding hydrogens is 747 g/mol. The highest BCUT2D eigenvalue weighted by molar-refractivity contribution is 6.74. The molecule has 0 unspecified atom stereocenters. The molecule has 0 bridgehead atoms. The summed E-state index contributed by atoms with van der Waals surface area (Å²) in [6, 6.07) is 19.2. The number of nitrogens with zero attached hydrogens (tertiary/aromatic N) is 9. The van der Waals surface area contributed by atoms with Crippen LogP contribution in [0.1, 0.15) is 90.7 Å². The number of azide groups is 3. The van der Waals surface area contributed by atoms with Gasteiger partial charge in [-0.15, -0.1) is 0 Å². The molecule has 1 aliphatic heterocycles. The van der Waals surface area contributed by atoms with Gasteiger partial charge in [0.1, 0.15) is 13.6 Å². The molecule has 0 amide bonds. The van der Waals surface area contributed by atoms with Crippen molar-refractivity contribution in [2.24, 2.45) is 15.3 Å². The van der Waals surface area contributed by atoms with E-state index in [4.69, 9.17) is 43.9 Å². The summed E-state index contributed by atoms with van der Waals surface area (Å²) in [7, 11) is -2.31. The van der Waals surface area contributed by atoms with Crippen molar-refractivity contribution in [3.63, 3.8) is 0 Å². The molecule has 0 aromatic heterocycles. The summed E-state index contributed by atoms with van der Waals surface area (Å²) in [6.45, 7) is 16.2. The van der Waals surface area contributed by atoms with Crippen LogP contribution in [0.3, 0.4) is 0 Å². The average Bonchev–Trinajstić information content (AvgIpc) is 3.14. The van der Waals surface area contributed by atoms with Crippen LogP contribution in [-0.4, -0.2) is 77.3 Å². The van der Waals surface area contributed by atoms with E-state index in [1.165, 1.54) is 0 Å². The maximum Gasteiger partial charge on any atom is 0.192 e. The summed E-state index contributed by atoms with van der Waals surface area (Å²) in [6.07, 6.45) is 1.99. The van der Waals surface area contributed by atoms with Crippen molar-refractivity contribution in [1.29, 1.82) is 0 Å². The van der Waals surface area contributed by atoms with Crippen LogP contribution in [0.15, 0.2) is 76.0 Å². The molecule has 0 aliphatic carbocycles. The largest absolute Gasteiger partial charge is 0.414 e. The second-order valence-electron chi connectivity index (χ2n) is 16.4. The molecule has 1 heterocycles. The van der Waals surface area contributed by atoms with Gasteiger partial charge in [-0.25, -0.2) is 0 Å². The van der Waals surface area contributed by atoms with Crippen LogP contribution < -0.4 is 0 Å². The van der Waals surface area contributed by atoms with Gasteiger partial charge in [0.15, 0.2) is 14.1 Å². The minimum Gasteiger partial charge on any atom is -0.414 e. The molecule has 2 aromatic carbocycles. The van der Waals surface area contributed by atoms with E-state index in [1.807, 2.05) is 74.5 Å². The van der Waals surface area contributed by atoms with Crippen molar-refractivity contribution in [3.05, 3.63) is 103 Å². The standard InChI is InChI=1S/C40H63N9O7Si/c1-39(2,3)57(6,7)56-38(23-33(46-49-43)22-34(18-20-44-47-41)52-29-50-27-31-14-10-8-11-15-31)26-37-25-36(54-40(4,5)55-37)24-35(19-21-45-48-42)53-30-51-28-32-16-12-9-13-17-32/h8-17,33-38H,18-30H2,1-7H3/t33-,34-,35-,36+,37+,38-/m1/s1. The minimum atomic E-state index is -2.31. The Labute approximate surface area is 338 Å². The molecule has 6 atom stereocenters. The Hall–Kier alpha value is -3.69. The van der Waals surface area contributed by atoms with Crippen molar-refractivity contribution < 1.29 is 32.8 Å². The van der Waals surface area contributed by atoms with Crippen molar-refractivity contribution in [3.8, 4) is 0 Å². The number of benzene rings is 2. The lowest BCUT2D eigenvalue weighted by Gasteiger charge is -2.44. The van der Waals surface area contributed by atoms with Gasteiger partial charge < -0.3 is 32.8 Å². The van der Waals surface area contributed by atoms with E-state index < -0.39 is 26.3 Å². The highest BCUT2D eigenvalue weighted by Gasteiger charge is 2.42. The molecule has 0 N–H and O–H groups in total. The molecule has 1 fully saturated rings. The van der Waals surface area contributed by atoms with Gasteiger partial charge in [-0.1, -0.05) is 96.8 Å². The quantitative estimate of drug-likeness (QED) is 0.0212. The van der Waals surface area contributed by atoms with Gasteiger partial charge in [0, 0.05) is 52.8 Å². The summed E-state index contributed by atoms with van der Waals surface area (Å²) in [4.78, 5) is 9.04. The molecule has 16 nitrogen and oxygen atoms in total. The Morgan fingerprint density at radius 2 is 1.21 bits per heavy atom. The lowest BCUT2D eigenvalue weighted by Crippen LogP contribution is -2.49. The number of ether oxygens (including phenoxy) is 6. The van der Waals surface area contributed by atoms with Crippen molar-refractivity contribution in [1.82, 2.24) is 0 Å². The van der Waals surface area contributed by atoms with Gasteiger partial charge >= 0.3 is 0 Å². The van der Waals surface area contributed by atoms with Crippen LogP contribution in [0.2, 0.25) is 18.1 Å². The average molecular weight is 810 g/mol. The van der Waals surface area contributed by atoms with Crippen LogP contribution in [-0.2, 0) is 46.1 Å². The van der Waals surface area contributed by atoms with E-state index in [-0.39, 0.29) is 56.1 Å².